The zero-order valence-corrected chi connectivity index (χ0v) is 36.4. The zero-order chi connectivity index (χ0) is 44.3. The molecule has 0 bridgehead atoms. The van der Waals surface area contributed by atoms with Crippen LogP contribution < -0.4 is 4.90 Å². The lowest BCUT2D eigenvalue weighted by molar-refractivity contribution is 0.636. The first-order valence-corrected chi connectivity index (χ1v) is 22.8. The summed E-state index contributed by atoms with van der Waals surface area (Å²) < 4.78 is 13.7. The quantitative estimate of drug-likeness (QED) is 0.143. The van der Waals surface area contributed by atoms with Gasteiger partial charge in [-0.1, -0.05) is 182 Å². The van der Waals surface area contributed by atoms with Gasteiger partial charge in [-0.2, -0.15) is 0 Å². The van der Waals surface area contributed by atoms with Gasteiger partial charge < -0.3 is 13.7 Å². The van der Waals surface area contributed by atoms with Gasteiger partial charge in [-0.3, -0.25) is 0 Å². The maximum atomic E-state index is 7.02. The van der Waals surface area contributed by atoms with Crippen LogP contribution >= 0.6 is 0 Å². The Kier molecular flexibility index (Phi) is 9.17. The van der Waals surface area contributed by atoms with Gasteiger partial charge in [0.05, 0.1) is 0 Å². The second-order valence-corrected chi connectivity index (χ2v) is 17.2. The zero-order valence-electron chi connectivity index (χ0n) is 36.4. The number of nitrogens with zero attached hydrogens (tertiary/aromatic N) is 1. The lowest BCUT2D eigenvalue weighted by Gasteiger charge is -2.26. The molecule has 0 spiro atoms. The Morgan fingerprint density at radius 3 is 1.31 bits per heavy atom. The number of hydrogen-bond donors (Lipinski definition) is 0. The number of furan rings is 2. The van der Waals surface area contributed by atoms with E-state index in [4.69, 9.17) is 8.83 Å². The largest absolute Gasteiger partial charge is 0.456 e. The molecular weight excluding hydrogens is 815 g/mol. The molecule has 3 heteroatoms. The molecule has 0 aliphatic rings. The molecule has 0 aliphatic heterocycles. The van der Waals surface area contributed by atoms with E-state index < -0.39 is 0 Å². The maximum Gasteiger partial charge on any atom is 0.143 e. The van der Waals surface area contributed by atoms with E-state index in [1.54, 1.807) is 0 Å². The van der Waals surface area contributed by atoms with Gasteiger partial charge in [-0.05, 0) is 116 Å². The summed E-state index contributed by atoms with van der Waals surface area (Å²) in [6.07, 6.45) is 0. The number of fused-ring (bicyclic) bond motifs is 9. The summed E-state index contributed by atoms with van der Waals surface area (Å²) in [5.74, 6) is 0.884. The van der Waals surface area contributed by atoms with Crippen molar-refractivity contribution in [2.24, 2.45) is 0 Å². The van der Waals surface area contributed by atoms with Crippen molar-refractivity contribution in [1.82, 2.24) is 0 Å². The normalized spacial score (nSPS) is 11.6. The monoisotopic (exact) mass is 855 g/mol. The molecule has 0 radical (unpaired) electrons. The lowest BCUT2D eigenvalue weighted by atomic mass is 9.91. The summed E-state index contributed by atoms with van der Waals surface area (Å²) >= 11 is 0. The molecule has 0 atom stereocenters. The van der Waals surface area contributed by atoms with Crippen LogP contribution in [-0.4, -0.2) is 0 Å². The highest BCUT2D eigenvalue weighted by Gasteiger charge is 2.23. The van der Waals surface area contributed by atoms with Crippen molar-refractivity contribution in [3.05, 3.63) is 249 Å². The Morgan fingerprint density at radius 2 is 0.687 bits per heavy atom. The lowest BCUT2D eigenvalue weighted by Crippen LogP contribution is -2.09. The smallest absolute Gasteiger partial charge is 0.143 e. The van der Waals surface area contributed by atoms with Gasteiger partial charge in [-0.25, -0.2) is 0 Å². The predicted molar refractivity (Wildman–Crippen MR) is 280 cm³/mol. The fourth-order valence-electron chi connectivity index (χ4n) is 10.0. The third-order valence-corrected chi connectivity index (χ3v) is 13.3. The Bertz CT molecular complexity index is 3930. The van der Waals surface area contributed by atoms with E-state index in [9.17, 15) is 0 Å². The molecule has 0 N–H and O–H groups in total. The second kappa shape index (κ2) is 16.0. The molecule has 0 fully saturated rings. The van der Waals surface area contributed by atoms with E-state index in [1.165, 1.54) is 27.5 Å². The first-order chi connectivity index (χ1) is 33.2. The van der Waals surface area contributed by atoms with Gasteiger partial charge in [0.2, 0.25) is 0 Å². The van der Waals surface area contributed by atoms with Crippen molar-refractivity contribution in [3.63, 3.8) is 0 Å². The first-order valence-electron chi connectivity index (χ1n) is 22.8. The van der Waals surface area contributed by atoms with Gasteiger partial charge in [0.1, 0.15) is 22.5 Å². The molecule has 314 valence electrons. The predicted octanol–water partition coefficient (Wildman–Crippen LogP) is 18.4. The van der Waals surface area contributed by atoms with E-state index in [1.807, 2.05) is 6.07 Å². The minimum absolute atomic E-state index is 0.848. The third-order valence-electron chi connectivity index (χ3n) is 13.3. The molecule has 13 aromatic rings. The van der Waals surface area contributed by atoms with E-state index in [0.29, 0.717) is 0 Å². The van der Waals surface area contributed by atoms with Crippen molar-refractivity contribution >= 4 is 71.5 Å². The second-order valence-electron chi connectivity index (χ2n) is 17.2. The average Bonchev–Trinajstić information content (AvgIpc) is 3.99. The summed E-state index contributed by atoms with van der Waals surface area (Å²) in [4.78, 5) is 2.32. The average molecular weight is 856 g/mol. The van der Waals surface area contributed by atoms with Crippen LogP contribution in [0.2, 0.25) is 0 Å². The SMILES string of the molecule is c1ccc(-c2ccc(N(c3ccc(-c4ccc5c(c4)c4ccccc4c4c(-c6ccccc6)c(-c6ccccc6)oc54)cc3)c3ccc4c(c3)oc3cc(-c5ccccc5)ccc34)cc2)cc1. The fourth-order valence-corrected chi connectivity index (χ4v) is 10.0. The van der Waals surface area contributed by atoms with Gasteiger partial charge in [0, 0.05) is 55.8 Å². The molecule has 3 nitrogen and oxygen atoms in total. The molecule has 0 unspecified atom stereocenters. The first kappa shape index (κ1) is 38.5. The van der Waals surface area contributed by atoms with E-state index in [0.717, 1.165) is 99.9 Å². The number of rotatable bonds is 8. The van der Waals surface area contributed by atoms with Crippen LogP contribution in [-0.2, 0) is 0 Å². The van der Waals surface area contributed by atoms with Crippen molar-refractivity contribution < 1.29 is 8.83 Å². The maximum absolute atomic E-state index is 7.02. The van der Waals surface area contributed by atoms with E-state index >= 15 is 0 Å². The van der Waals surface area contributed by atoms with Crippen molar-refractivity contribution in [2.75, 3.05) is 4.90 Å². The number of benzene rings is 11. The minimum Gasteiger partial charge on any atom is -0.456 e. The summed E-state index contributed by atoms with van der Waals surface area (Å²) in [5.41, 5.74) is 16.0. The van der Waals surface area contributed by atoms with Gasteiger partial charge in [0.15, 0.2) is 0 Å². The van der Waals surface area contributed by atoms with Crippen molar-refractivity contribution in [2.45, 2.75) is 0 Å². The minimum atomic E-state index is 0.848. The van der Waals surface area contributed by atoms with Crippen LogP contribution in [0.25, 0.3) is 110 Å². The van der Waals surface area contributed by atoms with Crippen LogP contribution in [0.15, 0.2) is 258 Å². The van der Waals surface area contributed by atoms with Crippen LogP contribution in [0.3, 0.4) is 0 Å². The van der Waals surface area contributed by atoms with Gasteiger partial charge >= 0.3 is 0 Å². The summed E-state index contributed by atoms with van der Waals surface area (Å²) in [5, 5.41) is 7.96. The molecule has 0 saturated carbocycles. The molecule has 0 aliphatic carbocycles. The van der Waals surface area contributed by atoms with Crippen molar-refractivity contribution in [1.29, 1.82) is 0 Å². The molecule has 0 saturated heterocycles. The van der Waals surface area contributed by atoms with E-state index in [2.05, 4.69) is 248 Å². The van der Waals surface area contributed by atoms with Gasteiger partial charge in [-0.15, -0.1) is 0 Å². The van der Waals surface area contributed by atoms with Crippen molar-refractivity contribution in [3.8, 4) is 55.8 Å². The molecule has 11 aromatic carbocycles. The Labute approximate surface area is 388 Å². The Morgan fingerprint density at radius 1 is 0.254 bits per heavy atom. The highest BCUT2D eigenvalue weighted by Crippen LogP contribution is 2.48. The number of hydrogen-bond acceptors (Lipinski definition) is 3. The van der Waals surface area contributed by atoms with E-state index in [-0.39, 0.29) is 0 Å². The highest BCUT2D eigenvalue weighted by molar-refractivity contribution is 6.29. The van der Waals surface area contributed by atoms with Gasteiger partial charge in [0.25, 0.3) is 0 Å². The molecule has 0 amide bonds. The standard InChI is InChI=1S/C64H41NO2/c1-5-15-42(16-6-1)44-25-31-50(32-26-44)65(52-35-38-55-54-36-29-49(43-17-7-2-8-18-43)40-59(54)66-60(55)41-52)51-33-27-45(28-34-51)48-30-37-57-58(39-48)53-23-13-14-24-56(53)62-61(46-19-9-3-10-20-46)63(67-64(57)62)47-21-11-4-12-22-47/h1-41H. The number of anilines is 3. The van der Waals surface area contributed by atoms with Crippen LogP contribution in [0.5, 0.6) is 0 Å². The Balaban J connectivity index is 0.923. The van der Waals surface area contributed by atoms with Crippen LogP contribution in [0.4, 0.5) is 17.1 Å². The third kappa shape index (κ3) is 6.67. The molecule has 13 rings (SSSR count). The van der Waals surface area contributed by atoms with Crippen LogP contribution in [0.1, 0.15) is 0 Å². The molecular formula is C64H41NO2. The van der Waals surface area contributed by atoms with Crippen LogP contribution in [0, 0.1) is 0 Å². The molecule has 67 heavy (non-hydrogen) atoms. The summed E-state index contributed by atoms with van der Waals surface area (Å²) in [6.45, 7) is 0. The summed E-state index contributed by atoms with van der Waals surface area (Å²) in [7, 11) is 0. The fraction of sp³-hybridized carbons (Fsp3) is 0. The molecule has 2 aromatic heterocycles. The Hall–Kier alpha value is -8.92. The summed E-state index contributed by atoms with van der Waals surface area (Å²) in [6, 6.07) is 88.5. The topological polar surface area (TPSA) is 29.5 Å². The molecule has 2 heterocycles. The highest BCUT2D eigenvalue weighted by atomic mass is 16.3.